The molecule has 0 spiro atoms. The van der Waals surface area contributed by atoms with Crippen LogP contribution in [0.3, 0.4) is 0 Å². The van der Waals surface area contributed by atoms with Gasteiger partial charge >= 0.3 is 0 Å². The van der Waals surface area contributed by atoms with Gasteiger partial charge < -0.3 is 24.5 Å². The van der Waals surface area contributed by atoms with Gasteiger partial charge in [0.2, 0.25) is 0 Å². The van der Waals surface area contributed by atoms with Crippen LogP contribution in [-0.4, -0.2) is 84.7 Å². The number of piperazine rings is 1. The SMILES string of the molecule is COCCN1CCN(c2ccc(Nc3cc(-c4ccnc(-n5ccn6c7c(cc6c5=O)CC(C)(C)C7)c4CO)nn(C)c3=O)nc2)[C@@H](C)C1. The molecule has 1 atom stereocenters. The molecule has 7 rings (SSSR count). The fourth-order valence-electron chi connectivity index (χ4n) is 7.35. The topological polar surface area (TPSA) is 135 Å². The van der Waals surface area contributed by atoms with Crippen LogP contribution in [0.5, 0.6) is 0 Å². The Morgan fingerprint density at radius 1 is 1.06 bits per heavy atom. The van der Waals surface area contributed by atoms with Crippen molar-refractivity contribution in [2.75, 3.05) is 50.1 Å². The maximum atomic E-state index is 13.8. The van der Waals surface area contributed by atoms with Crippen LogP contribution in [0.1, 0.15) is 37.6 Å². The zero-order valence-corrected chi connectivity index (χ0v) is 28.7. The molecule has 1 fully saturated rings. The molecule has 2 N–H and O–H groups in total. The largest absolute Gasteiger partial charge is 0.392 e. The van der Waals surface area contributed by atoms with Crippen molar-refractivity contribution in [3.05, 3.63) is 92.6 Å². The number of methoxy groups -OCH3 is 1. The summed E-state index contributed by atoms with van der Waals surface area (Å²) >= 11 is 0. The molecule has 0 aromatic carbocycles. The van der Waals surface area contributed by atoms with Gasteiger partial charge in [-0.25, -0.2) is 14.6 Å². The summed E-state index contributed by atoms with van der Waals surface area (Å²) in [6.07, 6.45) is 8.81. The minimum absolute atomic E-state index is 0.162. The highest BCUT2D eigenvalue weighted by molar-refractivity contribution is 5.71. The number of aliphatic hydroxyl groups excluding tert-OH is 1. The minimum Gasteiger partial charge on any atom is -0.392 e. The van der Waals surface area contributed by atoms with Crippen molar-refractivity contribution >= 4 is 22.7 Å². The molecule has 1 saturated heterocycles. The zero-order chi connectivity index (χ0) is 34.4. The Bertz CT molecular complexity index is 2130. The molecule has 0 unspecified atom stereocenters. The lowest BCUT2D eigenvalue weighted by molar-refractivity contribution is 0.136. The van der Waals surface area contributed by atoms with Gasteiger partial charge in [-0.05, 0) is 61.1 Å². The van der Waals surface area contributed by atoms with Gasteiger partial charge in [-0.3, -0.25) is 19.1 Å². The van der Waals surface area contributed by atoms with E-state index in [9.17, 15) is 14.7 Å². The number of hydrogen-bond donors (Lipinski definition) is 2. The number of hydrogen-bond acceptors (Lipinski definition) is 10. The lowest BCUT2D eigenvalue weighted by atomic mass is 9.90. The molecule has 256 valence electrons. The van der Waals surface area contributed by atoms with E-state index < -0.39 is 6.61 Å². The van der Waals surface area contributed by atoms with Crippen LogP contribution in [0.4, 0.5) is 17.2 Å². The van der Waals surface area contributed by atoms with Gasteiger partial charge in [-0.15, -0.1) is 0 Å². The van der Waals surface area contributed by atoms with Crippen LogP contribution < -0.4 is 21.3 Å². The predicted molar refractivity (Wildman–Crippen MR) is 189 cm³/mol. The van der Waals surface area contributed by atoms with Crippen molar-refractivity contribution in [1.29, 1.82) is 0 Å². The standard InChI is InChI=1S/C36H43N9O4/c1-23-21-42(14-15-49-5)10-11-43(23)25-6-7-32(38-20-25)39-29-17-28(40-41(4)34(29)47)26-8-9-37-33(27(26)22-46)45-13-12-44-30(35(45)48)16-24-18-36(2,3)19-31(24)44/h6-9,12-13,16-17,20,23,46H,10-11,14-15,18-19,21-22H2,1-5H3,(H,38,39)/t23-/m0/s1. The number of nitrogens with one attached hydrogen (secondary N) is 1. The third-order valence-electron chi connectivity index (χ3n) is 9.77. The molecule has 0 radical (unpaired) electrons. The van der Waals surface area contributed by atoms with Gasteiger partial charge in [-0.2, -0.15) is 5.10 Å². The van der Waals surface area contributed by atoms with Crippen molar-refractivity contribution < 1.29 is 9.84 Å². The molecule has 13 nitrogen and oxygen atoms in total. The summed E-state index contributed by atoms with van der Waals surface area (Å²) in [7, 11) is 3.30. The number of nitrogens with zero attached hydrogens (tertiary/aromatic N) is 8. The summed E-state index contributed by atoms with van der Waals surface area (Å²) in [5, 5.41) is 18.3. The van der Waals surface area contributed by atoms with Crippen LogP contribution in [0, 0.1) is 5.41 Å². The summed E-state index contributed by atoms with van der Waals surface area (Å²) in [6, 6.07) is 9.54. The Labute approximate surface area is 284 Å². The lowest BCUT2D eigenvalue weighted by Gasteiger charge is -2.41. The van der Waals surface area contributed by atoms with E-state index in [0.29, 0.717) is 40.0 Å². The normalized spacial score (nSPS) is 17.5. The van der Waals surface area contributed by atoms with Gasteiger partial charge in [-0.1, -0.05) is 13.8 Å². The van der Waals surface area contributed by atoms with Gasteiger partial charge in [0.05, 0.1) is 30.8 Å². The molecule has 2 aliphatic rings. The Kier molecular flexibility index (Phi) is 8.59. The summed E-state index contributed by atoms with van der Waals surface area (Å²) in [4.78, 5) is 40.9. The summed E-state index contributed by atoms with van der Waals surface area (Å²) < 4.78 is 9.94. The van der Waals surface area contributed by atoms with E-state index in [1.807, 2.05) is 35.0 Å². The second-order valence-corrected chi connectivity index (χ2v) is 13.9. The fourth-order valence-corrected chi connectivity index (χ4v) is 7.35. The Balaban J connectivity index is 1.17. The van der Waals surface area contributed by atoms with Crippen LogP contribution in [0.15, 0.2) is 64.7 Å². The minimum atomic E-state index is -0.392. The van der Waals surface area contributed by atoms with Crippen LogP contribution in [0.25, 0.3) is 22.6 Å². The molecule has 5 aromatic rings. The number of ether oxygens (including phenoxy) is 1. The summed E-state index contributed by atoms with van der Waals surface area (Å²) in [5.41, 5.74) is 5.25. The average Bonchev–Trinajstić information content (AvgIpc) is 3.58. The maximum absolute atomic E-state index is 13.8. The molecule has 13 heteroatoms. The molecule has 6 heterocycles. The molecule has 0 bridgehead atoms. The van der Waals surface area contributed by atoms with Gasteiger partial charge in [0.25, 0.3) is 11.1 Å². The van der Waals surface area contributed by atoms with Crippen molar-refractivity contribution in [3.63, 3.8) is 0 Å². The molecule has 1 aliphatic heterocycles. The Morgan fingerprint density at radius 2 is 1.90 bits per heavy atom. The highest BCUT2D eigenvalue weighted by atomic mass is 16.5. The first-order valence-electron chi connectivity index (χ1n) is 16.7. The predicted octanol–water partition coefficient (Wildman–Crippen LogP) is 3.16. The van der Waals surface area contributed by atoms with Crippen LogP contribution >= 0.6 is 0 Å². The van der Waals surface area contributed by atoms with E-state index in [0.717, 1.165) is 57.0 Å². The number of fused-ring (bicyclic) bond motifs is 3. The number of anilines is 3. The molecule has 5 aromatic heterocycles. The smallest absolute Gasteiger partial charge is 0.290 e. The van der Waals surface area contributed by atoms with E-state index in [1.54, 1.807) is 38.7 Å². The Morgan fingerprint density at radius 3 is 2.63 bits per heavy atom. The average molecular weight is 666 g/mol. The van der Waals surface area contributed by atoms with E-state index >= 15 is 0 Å². The number of aliphatic hydroxyl groups is 1. The quantitative estimate of drug-likeness (QED) is 0.242. The number of pyridine rings is 2. The Hall–Kier alpha value is -4.85. The first-order valence-corrected chi connectivity index (χ1v) is 16.7. The van der Waals surface area contributed by atoms with E-state index in [1.165, 1.54) is 14.8 Å². The van der Waals surface area contributed by atoms with Crippen molar-refractivity contribution in [2.24, 2.45) is 12.5 Å². The number of aromatic nitrogens is 6. The number of rotatable bonds is 9. The molecular formula is C36H43N9O4. The molecule has 0 saturated carbocycles. The second-order valence-electron chi connectivity index (χ2n) is 13.9. The van der Waals surface area contributed by atoms with Gasteiger partial charge in [0.1, 0.15) is 22.8 Å². The van der Waals surface area contributed by atoms with E-state index in [-0.39, 0.29) is 22.2 Å². The number of aryl methyl sites for hydroxylation is 1. The highest BCUT2D eigenvalue weighted by Crippen LogP contribution is 2.37. The third-order valence-corrected chi connectivity index (χ3v) is 9.77. The van der Waals surface area contributed by atoms with Gasteiger partial charge in [0, 0.05) is 81.8 Å². The highest BCUT2D eigenvalue weighted by Gasteiger charge is 2.32. The maximum Gasteiger partial charge on any atom is 0.290 e. The summed E-state index contributed by atoms with van der Waals surface area (Å²) in [6.45, 7) is 10.7. The monoisotopic (exact) mass is 665 g/mol. The van der Waals surface area contributed by atoms with Crippen molar-refractivity contribution in [2.45, 2.75) is 46.3 Å². The van der Waals surface area contributed by atoms with Crippen molar-refractivity contribution in [1.82, 2.24) is 33.6 Å². The zero-order valence-electron chi connectivity index (χ0n) is 28.7. The van der Waals surface area contributed by atoms with E-state index in [4.69, 9.17) is 4.74 Å². The molecule has 1 aliphatic carbocycles. The fraction of sp³-hybridized carbons (Fsp3) is 0.417. The van der Waals surface area contributed by atoms with E-state index in [2.05, 4.69) is 51.0 Å². The first-order chi connectivity index (χ1) is 23.6. The molecular weight excluding hydrogens is 622 g/mol. The molecule has 49 heavy (non-hydrogen) atoms. The summed E-state index contributed by atoms with van der Waals surface area (Å²) in [5.74, 6) is 0.829. The van der Waals surface area contributed by atoms with Crippen molar-refractivity contribution in [3.8, 4) is 17.1 Å². The van der Waals surface area contributed by atoms with Gasteiger partial charge in [0.15, 0.2) is 0 Å². The first kappa shape index (κ1) is 32.7. The third kappa shape index (κ3) is 6.13. The lowest BCUT2D eigenvalue weighted by Crippen LogP contribution is -2.52. The van der Waals surface area contributed by atoms with Crippen LogP contribution in [-0.2, 0) is 31.2 Å². The van der Waals surface area contributed by atoms with Crippen LogP contribution in [0.2, 0.25) is 0 Å². The second kappa shape index (κ2) is 12.9. The molecule has 0 amide bonds.